The zero-order valence-corrected chi connectivity index (χ0v) is 27.5. The average molecular weight is 651 g/mol. The molecule has 4 saturated carbocycles. The largest absolute Gasteiger partial charge is 0.456 e. The van der Waals surface area contributed by atoms with Crippen LogP contribution < -0.4 is 0 Å². The number of nitrogens with zero attached hydrogens (tertiary/aromatic N) is 4. The highest BCUT2D eigenvalue weighted by atomic mass is 16.3. The first-order valence-electron chi connectivity index (χ1n) is 17.9. The first-order valence-corrected chi connectivity index (χ1v) is 17.9. The van der Waals surface area contributed by atoms with E-state index in [1.165, 1.54) is 50.5 Å². The van der Waals surface area contributed by atoms with Crippen molar-refractivity contribution in [3.05, 3.63) is 121 Å². The molecule has 5 aromatic carbocycles. The smallest absolute Gasteiger partial charge is 0.182 e. The zero-order valence-electron chi connectivity index (χ0n) is 27.5. The molecule has 0 atom stereocenters. The van der Waals surface area contributed by atoms with Gasteiger partial charge in [0.25, 0.3) is 0 Å². The summed E-state index contributed by atoms with van der Waals surface area (Å²) in [4.78, 5) is 19.4. The Balaban J connectivity index is 0.985. The van der Waals surface area contributed by atoms with E-state index in [9.17, 15) is 0 Å². The van der Waals surface area contributed by atoms with Gasteiger partial charge in [0.15, 0.2) is 29.4 Å². The lowest BCUT2D eigenvalue weighted by molar-refractivity contribution is -0.00518. The van der Waals surface area contributed by atoms with Crippen LogP contribution >= 0.6 is 0 Å². The molecule has 242 valence electrons. The lowest BCUT2D eigenvalue weighted by Gasteiger charge is -2.57. The van der Waals surface area contributed by atoms with E-state index in [0.717, 1.165) is 78.6 Å². The van der Waals surface area contributed by atoms with Crippen molar-refractivity contribution >= 4 is 33.0 Å². The summed E-state index contributed by atoms with van der Waals surface area (Å²) in [5.74, 6) is 4.72. The fourth-order valence-electron chi connectivity index (χ4n) is 9.98. The van der Waals surface area contributed by atoms with Gasteiger partial charge in [-0.2, -0.15) is 0 Å². The minimum absolute atomic E-state index is 0.360. The summed E-state index contributed by atoms with van der Waals surface area (Å²) < 4.78 is 12.2. The fraction of sp³-hybridized carbons (Fsp3) is 0.227. The van der Waals surface area contributed by atoms with E-state index in [-0.39, 0.29) is 0 Å². The Morgan fingerprint density at radius 3 is 1.80 bits per heavy atom. The molecule has 0 N–H and O–H groups in total. The van der Waals surface area contributed by atoms with Crippen LogP contribution in [0.1, 0.15) is 44.1 Å². The van der Waals surface area contributed by atoms with Crippen LogP contribution in [-0.2, 0) is 5.41 Å². The van der Waals surface area contributed by atoms with Crippen molar-refractivity contribution in [3.8, 4) is 45.3 Å². The van der Waals surface area contributed by atoms with Crippen LogP contribution in [0.4, 0.5) is 0 Å². The first-order chi connectivity index (χ1) is 24.6. The standard InChI is InChI=1S/C44H34N4O2/c1-2-5-29(6-3-1)41-46-42(30-9-13-33(14-10-30)44-22-26-17-27(23-44)19-28(18-26)24-44)48-43(47-41)32-12-16-36-35-15-11-31(20-38(35)50-39(36)21-32)34-7-4-8-37-40(34)49-25-45-37/h1-16,20-21,25-28H,17-19,22-24H2. The van der Waals surface area contributed by atoms with Gasteiger partial charge in [-0.25, -0.2) is 19.9 Å². The van der Waals surface area contributed by atoms with Crippen molar-refractivity contribution in [1.82, 2.24) is 19.9 Å². The quantitative estimate of drug-likeness (QED) is 0.184. The van der Waals surface area contributed by atoms with Crippen molar-refractivity contribution in [2.75, 3.05) is 0 Å². The Morgan fingerprint density at radius 1 is 0.540 bits per heavy atom. The number of furan rings is 1. The fourth-order valence-corrected chi connectivity index (χ4v) is 9.98. The first kappa shape index (κ1) is 28.2. The SMILES string of the molecule is c1ccc(-c2nc(-c3ccc(C45CC6CC(CC(C6)C4)C5)cc3)nc(-c3ccc4c(c3)oc3cc(-c5cccc6ncoc56)ccc34)n2)cc1. The average Bonchev–Trinajstić information content (AvgIpc) is 3.79. The molecule has 0 aliphatic heterocycles. The highest BCUT2D eigenvalue weighted by Gasteiger charge is 2.51. The van der Waals surface area contributed by atoms with Gasteiger partial charge in [0.2, 0.25) is 0 Å². The second-order valence-corrected chi connectivity index (χ2v) is 15.0. The summed E-state index contributed by atoms with van der Waals surface area (Å²) in [6.07, 6.45) is 9.92. The Hall–Kier alpha value is -5.62. The number of para-hydroxylation sites is 1. The minimum atomic E-state index is 0.360. The highest BCUT2D eigenvalue weighted by molar-refractivity contribution is 6.07. The summed E-state index contributed by atoms with van der Waals surface area (Å²) in [5.41, 5.74) is 9.93. The molecule has 8 aromatic rings. The summed E-state index contributed by atoms with van der Waals surface area (Å²) in [7, 11) is 0. The number of benzene rings is 5. The van der Waals surface area contributed by atoms with Crippen LogP contribution in [0.25, 0.3) is 78.3 Å². The molecular formula is C44H34N4O2. The van der Waals surface area contributed by atoms with Crippen molar-refractivity contribution in [1.29, 1.82) is 0 Å². The van der Waals surface area contributed by atoms with Crippen molar-refractivity contribution in [3.63, 3.8) is 0 Å². The molecule has 12 rings (SSSR count). The zero-order chi connectivity index (χ0) is 32.8. The van der Waals surface area contributed by atoms with Crippen LogP contribution in [-0.4, -0.2) is 19.9 Å². The van der Waals surface area contributed by atoms with Gasteiger partial charge in [0.1, 0.15) is 16.7 Å². The Labute approximate surface area is 289 Å². The third kappa shape index (κ3) is 4.47. The van der Waals surface area contributed by atoms with Gasteiger partial charge in [-0.1, -0.05) is 78.9 Å². The molecule has 6 heteroatoms. The number of rotatable bonds is 5. The molecule has 3 aromatic heterocycles. The van der Waals surface area contributed by atoms with Crippen molar-refractivity contribution in [2.45, 2.75) is 43.9 Å². The maximum Gasteiger partial charge on any atom is 0.182 e. The highest BCUT2D eigenvalue weighted by Crippen LogP contribution is 2.60. The minimum Gasteiger partial charge on any atom is -0.456 e. The van der Waals surface area contributed by atoms with E-state index >= 15 is 0 Å². The lowest BCUT2D eigenvalue weighted by atomic mass is 9.48. The second kappa shape index (κ2) is 10.7. The van der Waals surface area contributed by atoms with Gasteiger partial charge in [-0.15, -0.1) is 0 Å². The van der Waals surface area contributed by atoms with E-state index in [4.69, 9.17) is 23.8 Å². The molecule has 0 radical (unpaired) electrons. The summed E-state index contributed by atoms with van der Waals surface area (Å²) in [6.45, 7) is 0. The Kier molecular flexibility index (Phi) is 6.04. The second-order valence-electron chi connectivity index (χ2n) is 15.0. The molecule has 0 saturated heterocycles. The number of fused-ring (bicyclic) bond motifs is 4. The maximum absolute atomic E-state index is 6.50. The van der Waals surface area contributed by atoms with Crippen LogP contribution in [0.2, 0.25) is 0 Å². The van der Waals surface area contributed by atoms with Gasteiger partial charge in [0.05, 0.1) is 0 Å². The van der Waals surface area contributed by atoms with Gasteiger partial charge >= 0.3 is 0 Å². The van der Waals surface area contributed by atoms with Gasteiger partial charge in [-0.05, 0) is 103 Å². The monoisotopic (exact) mass is 650 g/mol. The van der Waals surface area contributed by atoms with Crippen LogP contribution in [0.3, 0.4) is 0 Å². The number of hydrogen-bond acceptors (Lipinski definition) is 6. The summed E-state index contributed by atoms with van der Waals surface area (Å²) in [6, 6.07) is 37.9. The molecule has 0 amide bonds. The molecule has 0 unspecified atom stereocenters. The van der Waals surface area contributed by atoms with E-state index in [1.807, 2.05) is 30.3 Å². The van der Waals surface area contributed by atoms with Crippen molar-refractivity contribution < 1.29 is 8.83 Å². The van der Waals surface area contributed by atoms with Gasteiger partial charge < -0.3 is 8.83 Å². The summed E-state index contributed by atoms with van der Waals surface area (Å²) in [5, 5.41) is 2.10. The molecule has 4 fully saturated rings. The maximum atomic E-state index is 6.50. The molecular weight excluding hydrogens is 617 g/mol. The predicted molar refractivity (Wildman–Crippen MR) is 196 cm³/mol. The molecule has 3 heterocycles. The lowest BCUT2D eigenvalue weighted by Crippen LogP contribution is -2.48. The Morgan fingerprint density at radius 2 is 1.12 bits per heavy atom. The topological polar surface area (TPSA) is 77.8 Å². The predicted octanol–water partition coefficient (Wildman–Crippen LogP) is 11.0. The van der Waals surface area contributed by atoms with Gasteiger partial charge in [-0.3, -0.25) is 0 Å². The number of aromatic nitrogens is 4. The molecule has 50 heavy (non-hydrogen) atoms. The Bertz CT molecular complexity index is 2550. The summed E-state index contributed by atoms with van der Waals surface area (Å²) >= 11 is 0. The van der Waals surface area contributed by atoms with Crippen molar-refractivity contribution in [2.24, 2.45) is 17.8 Å². The third-order valence-corrected chi connectivity index (χ3v) is 11.9. The van der Waals surface area contributed by atoms with E-state index in [1.54, 1.807) is 0 Å². The number of oxazole rings is 1. The van der Waals surface area contributed by atoms with E-state index < -0.39 is 0 Å². The van der Waals surface area contributed by atoms with Crippen LogP contribution in [0, 0.1) is 17.8 Å². The molecule has 0 spiro atoms. The third-order valence-electron chi connectivity index (χ3n) is 11.9. The number of hydrogen-bond donors (Lipinski definition) is 0. The molecule has 4 aliphatic rings. The normalized spacial score (nSPS) is 22.6. The molecule has 4 bridgehead atoms. The molecule has 4 aliphatic carbocycles. The molecule has 6 nitrogen and oxygen atoms in total. The van der Waals surface area contributed by atoms with E-state index in [2.05, 4.69) is 83.8 Å². The van der Waals surface area contributed by atoms with E-state index in [0.29, 0.717) is 22.9 Å². The van der Waals surface area contributed by atoms with Crippen LogP contribution in [0.5, 0.6) is 0 Å². The van der Waals surface area contributed by atoms with Gasteiger partial charge in [0, 0.05) is 33.0 Å². The van der Waals surface area contributed by atoms with Crippen LogP contribution in [0.15, 0.2) is 124 Å².